The Balaban J connectivity index is 1.17. The van der Waals surface area contributed by atoms with E-state index in [1.54, 1.807) is 6.07 Å². The van der Waals surface area contributed by atoms with Gasteiger partial charge in [-0.3, -0.25) is 0 Å². The van der Waals surface area contributed by atoms with Gasteiger partial charge in [0.1, 0.15) is 16.9 Å². The lowest BCUT2D eigenvalue weighted by Gasteiger charge is -2.34. The summed E-state index contributed by atoms with van der Waals surface area (Å²) in [6, 6.07) is 39.6. The number of rotatable bonds is 7. The third-order valence-electron chi connectivity index (χ3n) is 10.8. The van der Waals surface area contributed by atoms with Crippen molar-refractivity contribution in [3.05, 3.63) is 191 Å². The van der Waals surface area contributed by atoms with Crippen molar-refractivity contribution < 1.29 is 9.52 Å². The fraction of sp³-hybridized carbons (Fsp3) is 0.143. The van der Waals surface area contributed by atoms with Crippen molar-refractivity contribution in [2.75, 3.05) is 5.32 Å². The Morgan fingerprint density at radius 3 is 2.38 bits per heavy atom. The van der Waals surface area contributed by atoms with Crippen LogP contribution in [0.2, 0.25) is 0 Å². The highest BCUT2D eigenvalue weighted by Gasteiger charge is 2.30. The Morgan fingerprint density at radius 2 is 1.52 bits per heavy atom. The normalized spacial score (nSPS) is 18.8. The summed E-state index contributed by atoms with van der Waals surface area (Å²) in [5.41, 5.74) is 14.8. The van der Waals surface area contributed by atoms with Gasteiger partial charge in [-0.15, -0.1) is 0 Å². The smallest absolute Gasteiger partial charge is 0.136 e. The molecule has 3 heteroatoms. The molecule has 1 aromatic heterocycles. The monoisotopic (exact) mass is 675 g/mol. The van der Waals surface area contributed by atoms with Crippen molar-refractivity contribution in [3.63, 3.8) is 0 Å². The van der Waals surface area contributed by atoms with Crippen molar-refractivity contribution in [2.45, 2.75) is 38.6 Å². The molecule has 0 bridgehead atoms. The van der Waals surface area contributed by atoms with Crippen LogP contribution in [0, 0.1) is 12.8 Å². The molecule has 254 valence electrons. The molecule has 5 aromatic carbocycles. The predicted octanol–water partition coefficient (Wildman–Crippen LogP) is 12.8. The maximum absolute atomic E-state index is 11.2. The highest BCUT2D eigenvalue weighted by atomic mass is 16.3. The summed E-state index contributed by atoms with van der Waals surface area (Å²) in [4.78, 5) is 0. The van der Waals surface area contributed by atoms with E-state index in [9.17, 15) is 5.11 Å². The van der Waals surface area contributed by atoms with E-state index in [0.717, 1.165) is 70.0 Å². The minimum Gasteiger partial charge on any atom is -0.507 e. The number of fused-ring (bicyclic) bond motifs is 3. The SMILES string of the molecule is Cc1ccccc1C1=CC(C2=CC(c3ccc4c(c3)oc3ccccc34)=CCC2Nc2cccc(O)c2-c2ccccc2)CC(C2=CCCC=C2)=C1. The Kier molecular flexibility index (Phi) is 8.33. The van der Waals surface area contributed by atoms with Gasteiger partial charge in [-0.25, -0.2) is 0 Å². The number of allylic oxidation sites excluding steroid dienone is 10. The van der Waals surface area contributed by atoms with Crippen molar-refractivity contribution >= 4 is 38.8 Å². The van der Waals surface area contributed by atoms with Crippen molar-refractivity contribution in [2.24, 2.45) is 5.92 Å². The molecule has 0 amide bonds. The summed E-state index contributed by atoms with van der Waals surface area (Å²) < 4.78 is 6.34. The fourth-order valence-corrected chi connectivity index (χ4v) is 8.23. The number of anilines is 1. The zero-order valence-corrected chi connectivity index (χ0v) is 29.3. The zero-order valence-electron chi connectivity index (χ0n) is 29.3. The Bertz CT molecular complexity index is 2520. The Hall–Kier alpha value is -6.06. The zero-order chi connectivity index (χ0) is 35.0. The lowest BCUT2D eigenvalue weighted by Crippen LogP contribution is -2.29. The van der Waals surface area contributed by atoms with E-state index < -0.39 is 0 Å². The Morgan fingerprint density at radius 1 is 0.692 bits per heavy atom. The molecule has 9 rings (SSSR count). The number of benzene rings is 5. The number of phenols is 1. The molecule has 6 aromatic rings. The third-order valence-corrected chi connectivity index (χ3v) is 10.8. The maximum Gasteiger partial charge on any atom is 0.136 e. The van der Waals surface area contributed by atoms with Crippen molar-refractivity contribution in [1.29, 1.82) is 0 Å². The highest BCUT2D eigenvalue weighted by Crippen LogP contribution is 2.44. The number of aryl methyl sites for hydroxylation is 1. The lowest BCUT2D eigenvalue weighted by atomic mass is 9.75. The molecule has 0 saturated heterocycles. The first-order valence-corrected chi connectivity index (χ1v) is 18.4. The summed E-state index contributed by atoms with van der Waals surface area (Å²) in [7, 11) is 0. The number of phenolic OH excluding ortho intramolecular Hbond substituents is 1. The molecule has 0 fully saturated rings. The first-order chi connectivity index (χ1) is 25.6. The molecule has 52 heavy (non-hydrogen) atoms. The standard InChI is InChI=1S/C49H41NO2/c1-32-13-8-9-18-40(32)38-27-37(33-14-4-2-5-15-33)28-39(29-38)43-30-35(36-23-25-42-41-19-10-11-22-47(41)52-48(42)31-36)24-26-44(43)50-45-20-12-21-46(51)49(45)34-16-6-3-7-17-34/h3-4,6-25,27,29-31,39,44,50-51H,2,5,26,28H2,1H3. The number of para-hydroxylation sites is 1. The van der Waals surface area contributed by atoms with Crippen LogP contribution in [0.3, 0.4) is 0 Å². The van der Waals surface area contributed by atoms with Gasteiger partial charge in [-0.1, -0.05) is 127 Å². The van der Waals surface area contributed by atoms with E-state index >= 15 is 0 Å². The van der Waals surface area contributed by atoms with E-state index in [1.165, 1.54) is 39.0 Å². The van der Waals surface area contributed by atoms with E-state index in [1.807, 2.05) is 36.4 Å². The number of hydrogen-bond donors (Lipinski definition) is 2. The number of hydrogen-bond acceptors (Lipinski definition) is 3. The molecule has 3 aliphatic rings. The second-order valence-corrected chi connectivity index (χ2v) is 14.2. The van der Waals surface area contributed by atoms with Gasteiger partial charge in [-0.2, -0.15) is 0 Å². The second kappa shape index (κ2) is 13.6. The van der Waals surface area contributed by atoms with Crippen LogP contribution in [0.25, 0.3) is 44.2 Å². The molecule has 0 spiro atoms. The molecule has 0 aliphatic heterocycles. The van der Waals surface area contributed by atoms with Crippen LogP contribution in [0.5, 0.6) is 5.75 Å². The highest BCUT2D eigenvalue weighted by molar-refractivity contribution is 6.05. The molecule has 0 saturated carbocycles. The van der Waals surface area contributed by atoms with E-state index in [4.69, 9.17) is 4.42 Å². The molecule has 2 unspecified atom stereocenters. The van der Waals surface area contributed by atoms with Gasteiger partial charge in [0.25, 0.3) is 0 Å². The van der Waals surface area contributed by atoms with E-state index in [2.05, 4.69) is 128 Å². The molecular formula is C49H41NO2. The van der Waals surface area contributed by atoms with Crippen LogP contribution in [0.4, 0.5) is 5.69 Å². The minimum atomic E-state index is 0.0116. The third kappa shape index (κ3) is 6.03. The molecule has 2 atom stereocenters. The van der Waals surface area contributed by atoms with Gasteiger partial charge < -0.3 is 14.8 Å². The van der Waals surface area contributed by atoms with Crippen LogP contribution < -0.4 is 5.32 Å². The van der Waals surface area contributed by atoms with Crippen LogP contribution in [-0.2, 0) is 0 Å². The average molecular weight is 676 g/mol. The molecule has 3 aliphatic carbocycles. The second-order valence-electron chi connectivity index (χ2n) is 14.2. The molecule has 0 radical (unpaired) electrons. The number of furan rings is 1. The van der Waals surface area contributed by atoms with Crippen molar-refractivity contribution in [1.82, 2.24) is 0 Å². The topological polar surface area (TPSA) is 45.4 Å². The van der Waals surface area contributed by atoms with Gasteiger partial charge in [0.2, 0.25) is 0 Å². The average Bonchev–Trinajstić information content (AvgIpc) is 3.57. The summed E-state index contributed by atoms with van der Waals surface area (Å²) in [5, 5.41) is 17.4. The van der Waals surface area contributed by atoms with Gasteiger partial charge in [0.15, 0.2) is 0 Å². The maximum atomic E-state index is 11.2. The summed E-state index contributed by atoms with van der Waals surface area (Å²) in [6.45, 7) is 2.21. The quantitative estimate of drug-likeness (QED) is 0.177. The summed E-state index contributed by atoms with van der Waals surface area (Å²) in [6.07, 6.45) is 20.6. The van der Waals surface area contributed by atoms with Crippen LogP contribution in [0.15, 0.2) is 179 Å². The van der Waals surface area contributed by atoms with E-state index in [0.29, 0.717) is 0 Å². The van der Waals surface area contributed by atoms with Crippen LogP contribution in [-0.4, -0.2) is 11.1 Å². The summed E-state index contributed by atoms with van der Waals surface area (Å²) in [5.74, 6) is 0.424. The van der Waals surface area contributed by atoms with E-state index in [-0.39, 0.29) is 17.7 Å². The predicted molar refractivity (Wildman–Crippen MR) is 217 cm³/mol. The molecular weight excluding hydrogens is 635 g/mol. The number of nitrogens with one attached hydrogen (secondary N) is 1. The first kappa shape index (κ1) is 31.9. The first-order valence-electron chi connectivity index (χ1n) is 18.4. The number of aromatic hydroxyl groups is 1. The molecule has 2 N–H and O–H groups in total. The van der Waals surface area contributed by atoms with Gasteiger partial charge >= 0.3 is 0 Å². The summed E-state index contributed by atoms with van der Waals surface area (Å²) >= 11 is 0. The van der Waals surface area contributed by atoms with Crippen LogP contribution in [0.1, 0.15) is 42.4 Å². The van der Waals surface area contributed by atoms with Gasteiger partial charge in [0.05, 0.1) is 6.04 Å². The van der Waals surface area contributed by atoms with Crippen LogP contribution >= 0.6 is 0 Å². The Labute approximate surface area is 305 Å². The molecule has 1 heterocycles. The fourth-order valence-electron chi connectivity index (χ4n) is 8.23. The largest absolute Gasteiger partial charge is 0.507 e. The lowest BCUT2D eigenvalue weighted by molar-refractivity contribution is 0.477. The minimum absolute atomic E-state index is 0.0116. The van der Waals surface area contributed by atoms with Gasteiger partial charge in [0, 0.05) is 27.9 Å². The van der Waals surface area contributed by atoms with Gasteiger partial charge in [-0.05, 0) is 113 Å². The molecule has 3 nitrogen and oxygen atoms in total. The van der Waals surface area contributed by atoms with Crippen molar-refractivity contribution in [3.8, 4) is 16.9 Å².